The molecule has 0 spiro atoms. The molecule has 100 valence electrons. The van der Waals surface area contributed by atoms with Gasteiger partial charge in [0.25, 0.3) is 0 Å². The van der Waals surface area contributed by atoms with E-state index in [0.717, 1.165) is 32.6 Å². The number of aliphatic hydroxyl groups is 1. The maximum Gasteiger partial charge on any atom is 0.0558 e. The predicted molar refractivity (Wildman–Crippen MR) is 74.7 cm³/mol. The minimum absolute atomic E-state index is 0.251. The van der Waals surface area contributed by atoms with E-state index in [1.54, 1.807) is 0 Å². The van der Waals surface area contributed by atoms with E-state index < -0.39 is 0 Å². The van der Waals surface area contributed by atoms with Crippen molar-refractivity contribution in [2.24, 2.45) is 0 Å². The average molecular weight is 248 g/mol. The van der Waals surface area contributed by atoms with Crippen LogP contribution < -0.4 is 5.32 Å². The molecule has 0 radical (unpaired) electrons. The molecule has 0 aliphatic carbocycles. The second-order valence-electron chi connectivity index (χ2n) is 5.05. The van der Waals surface area contributed by atoms with E-state index >= 15 is 0 Å². The molecular formula is C15H24N2O. The third-order valence-corrected chi connectivity index (χ3v) is 3.62. The second kappa shape index (κ2) is 7.52. The largest absolute Gasteiger partial charge is 0.395 e. The summed E-state index contributed by atoms with van der Waals surface area (Å²) in [5.74, 6) is 0. The Kier molecular flexibility index (Phi) is 5.65. The van der Waals surface area contributed by atoms with Gasteiger partial charge in [-0.2, -0.15) is 0 Å². The van der Waals surface area contributed by atoms with Crippen molar-refractivity contribution < 1.29 is 5.11 Å². The number of hydrogen-bond donors (Lipinski definition) is 2. The van der Waals surface area contributed by atoms with E-state index in [9.17, 15) is 0 Å². The van der Waals surface area contributed by atoms with Gasteiger partial charge in [0, 0.05) is 25.7 Å². The van der Waals surface area contributed by atoms with Crippen LogP contribution in [0.5, 0.6) is 0 Å². The van der Waals surface area contributed by atoms with Gasteiger partial charge in [0.1, 0.15) is 0 Å². The van der Waals surface area contributed by atoms with Crippen LogP contribution in [0, 0.1) is 0 Å². The van der Waals surface area contributed by atoms with Gasteiger partial charge < -0.3 is 10.4 Å². The third kappa shape index (κ3) is 4.41. The lowest BCUT2D eigenvalue weighted by atomic mass is 10.1. The Bertz CT molecular complexity index is 323. The maximum absolute atomic E-state index is 9.15. The fraction of sp³-hybridized carbons (Fsp3) is 0.600. The van der Waals surface area contributed by atoms with Crippen molar-refractivity contribution in [1.82, 2.24) is 10.2 Å². The number of rotatable bonds is 7. The smallest absolute Gasteiger partial charge is 0.0558 e. The highest BCUT2D eigenvalue weighted by Crippen LogP contribution is 2.08. The summed E-state index contributed by atoms with van der Waals surface area (Å²) in [5.41, 5.74) is 1.37. The van der Waals surface area contributed by atoms with Crippen molar-refractivity contribution in [1.29, 1.82) is 0 Å². The summed E-state index contributed by atoms with van der Waals surface area (Å²) in [5, 5.41) is 12.7. The summed E-state index contributed by atoms with van der Waals surface area (Å²) >= 11 is 0. The molecule has 3 heteroatoms. The molecule has 1 aliphatic heterocycles. The molecule has 1 atom stereocenters. The van der Waals surface area contributed by atoms with Crippen LogP contribution in [0.4, 0.5) is 0 Å². The third-order valence-electron chi connectivity index (χ3n) is 3.62. The van der Waals surface area contributed by atoms with Crippen LogP contribution in [0.3, 0.4) is 0 Å². The standard InChI is InChI=1S/C15H24N2O/c18-12-11-17(13-15-7-4-9-16-15)10-8-14-5-2-1-3-6-14/h1-3,5-6,15-16,18H,4,7-13H2. The quantitative estimate of drug-likeness (QED) is 0.763. The van der Waals surface area contributed by atoms with E-state index in [0.29, 0.717) is 6.04 Å². The Labute approximate surface area is 110 Å². The van der Waals surface area contributed by atoms with E-state index in [1.807, 2.05) is 0 Å². The highest BCUT2D eigenvalue weighted by Gasteiger charge is 2.17. The Morgan fingerprint density at radius 1 is 1.22 bits per heavy atom. The molecule has 3 nitrogen and oxygen atoms in total. The summed E-state index contributed by atoms with van der Waals surface area (Å²) in [6, 6.07) is 11.2. The van der Waals surface area contributed by atoms with E-state index in [4.69, 9.17) is 5.11 Å². The normalized spacial score (nSPS) is 19.6. The first kappa shape index (κ1) is 13.5. The van der Waals surface area contributed by atoms with Crippen LogP contribution in [0.2, 0.25) is 0 Å². The first-order valence-corrected chi connectivity index (χ1v) is 6.99. The van der Waals surface area contributed by atoms with E-state index in [-0.39, 0.29) is 6.61 Å². The van der Waals surface area contributed by atoms with Gasteiger partial charge in [-0.1, -0.05) is 30.3 Å². The van der Waals surface area contributed by atoms with Gasteiger partial charge in [0.2, 0.25) is 0 Å². The van der Waals surface area contributed by atoms with Crippen molar-refractivity contribution in [2.45, 2.75) is 25.3 Å². The first-order chi connectivity index (χ1) is 8.88. The lowest BCUT2D eigenvalue weighted by molar-refractivity contribution is 0.186. The van der Waals surface area contributed by atoms with Crippen molar-refractivity contribution in [3.8, 4) is 0 Å². The zero-order valence-electron chi connectivity index (χ0n) is 11.0. The molecule has 1 aliphatic rings. The lowest BCUT2D eigenvalue weighted by Crippen LogP contribution is -2.40. The van der Waals surface area contributed by atoms with Gasteiger partial charge in [0.15, 0.2) is 0 Å². The molecular weight excluding hydrogens is 224 g/mol. The minimum atomic E-state index is 0.251. The first-order valence-electron chi connectivity index (χ1n) is 6.99. The molecule has 0 amide bonds. The molecule has 0 aromatic heterocycles. The SMILES string of the molecule is OCCN(CCc1ccccc1)CC1CCCN1. The summed E-state index contributed by atoms with van der Waals surface area (Å²) in [4.78, 5) is 2.37. The fourth-order valence-corrected chi connectivity index (χ4v) is 2.59. The lowest BCUT2D eigenvalue weighted by Gasteiger charge is -2.24. The van der Waals surface area contributed by atoms with Gasteiger partial charge in [-0.15, -0.1) is 0 Å². The average Bonchev–Trinajstić information content (AvgIpc) is 2.90. The topological polar surface area (TPSA) is 35.5 Å². The number of aliphatic hydroxyl groups excluding tert-OH is 1. The van der Waals surface area contributed by atoms with Crippen molar-refractivity contribution in [3.05, 3.63) is 35.9 Å². The molecule has 1 fully saturated rings. The van der Waals surface area contributed by atoms with E-state index in [2.05, 4.69) is 40.5 Å². The molecule has 18 heavy (non-hydrogen) atoms. The molecule has 1 aromatic carbocycles. The van der Waals surface area contributed by atoms with E-state index in [1.165, 1.54) is 18.4 Å². The number of nitrogens with zero attached hydrogens (tertiary/aromatic N) is 1. The monoisotopic (exact) mass is 248 g/mol. The molecule has 1 aromatic rings. The van der Waals surface area contributed by atoms with Crippen LogP contribution >= 0.6 is 0 Å². The van der Waals surface area contributed by atoms with Crippen molar-refractivity contribution >= 4 is 0 Å². The summed E-state index contributed by atoms with van der Waals surface area (Å²) < 4.78 is 0. The van der Waals surface area contributed by atoms with Crippen molar-refractivity contribution in [3.63, 3.8) is 0 Å². The summed E-state index contributed by atoms with van der Waals surface area (Å²) in [6.07, 6.45) is 3.62. The molecule has 1 unspecified atom stereocenters. The van der Waals surface area contributed by atoms with Gasteiger partial charge >= 0.3 is 0 Å². The summed E-state index contributed by atoms with van der Waals surface area (Å²) in [7, 11) is 0. The molecule has 1 heterocycles. The Balaban J connectivity index is 1.78. The maximum atomic E-state index is 9.15. The minimum Gasteiger partial charge on any atom is -0.395 e. The van der Waals surface area contributed by atoms with Crippen LogP contribution in [0.25, 0.3) is 0 Å². The van der Waals surface area contributed by atoms with Gasteiger partial charge in [-0.3, -0.25) is 4.90 Å². The van der Waals surface area contributed by atoms with Crippen LogP contribution in [0.1, 0.15) is 18.4 Å². The molecule has 0 saturated carbocycles. The zero-order valence-corrected chi connectivity index (χ0v) is 11.0. The number of benzene rings is 1. The van der Waals surface area contributed by atoms with Gasteiger partial charge in [-0.25, -0.2) is 0 Å². The van der Waals surface area contributed by atoms with Crippen molar-refractivity contribution in [2.75, 3.05) is 32.8 Å². The van der Waals surface area contributed by atoms with Crippen LogP contribution in [-0.4, -0.2) is 48.8 Å². The molecule has 0 bridgehead atoms. The molecule has 2 rings (SSSR count). The fourth-order valence-electron chi connectivity index (χ4n) is 2.59. The second-order valence-corrected chi connectivity index (χ2v) is 5.05. The molecule has 1 saturated heterocycles. The van der Waals surface area contributed by atoms with Gasteiger partial charge in [0.05, 0.1) is 6.61 Å². The predicted octanol–water partition coefficient (Wildman–Crippen LogP) is 1.28. The Morgan fingerprint density at radius 3 is 2.72 bits per heavy atom. The highest BCUT2D eigenvalue weighted by molar-refractivity contribution is 5.14. The van der Waals surface area contributed by atoms with Crippen LogP contribution in [0.15, 0.2) is 30.3 Å². The number of hydrogen-bond acceptors (Lipinski definition) is 3. The summed E-state index contributed by atoms with van der Waals surface area (Å²) in [6.45, 7) is 4.28. The highest BCUT2D eigenvalue weighted by atomic mass is 16.3. The zero-order chi connectivity index (χ0) is 12.6. The van der Waals surface area contributed by atoms with Gasteiger partial charge in [-0.05, 0) is 31.4 Å². The Morgan fingerprint density at radius 2 is 2.06 bits per heavy atom. The molecule has 2 N–H and O–H groups in total. The Hall–Kier alpha value is -0.900. The number of nitrogens with one attached hydrogen (secondary N) is 1. The van der Waals surface area contributed by atoms with Crippen LogP contribution in [-0.2, 0) is 6.42 Å².